The third-order valence-corrected chi connectivity index (χ3v) is 3.99. The van der Waals surface area contributed by atoms with Crippen LogP contribution in [0.1, 0.15) is 46.1 Å². The highest BCUT2D eigenvalue weighted by Crippen LogP contribution is 2.41. The quantitative estimate of drug-likeness (QED) is 0.478. The Kier molecular flexibility index (Phi) is 4.17. The topological polar surface area (TPSA) is 68.3 Å². The first kappa shape index (κ1) is 15.7. The smallest absolute Gasteiger partial charge is 0.165 e. The number of benzene rings is 1. The molecule has 3 N–H and O–H groups in total. The highest BCUT2D eigenvalue weighted by atomic mass is 16.5. The minimum absolute atomic E-state index is 0.154. The van der Waals surface area contributed by atoms with Gasteiger partial charge in [-0.15, -0.1) is 0 Å². The minimum Gasteiger partial charge on any atom is -0.490 e. The van der Waals surface area contributed by atoms with E-state index in [0.29, 0.717) is 6.61 Å². The second-order valence-corrected chi connectivity index (χ2v) is 7.03. The van der Waals surface area contributed by atoms with Gasteiger partial charge in [-0.2, -0.15) is 0 Å². The van der Waals surface area contributed by atoms with Crippen LogP contribution < -0.4 is 15.2 Å². The molecule has 116 valence electrons. The van der Waals surface area contributed by atoms with Crippen molar-refractivity contribution in [3.63, 3.8) is 0 Å². The molecule has 0 radical (unpaired) electrons. The van der Waals surface area contributed by atoms with E-state index in [1.807, 2.05) is 26.0 Å². The fourth-order valence-electron chi connectivity index (χ4n) is 2.53. The molecule has 1 aromatic carbocycles. The van der Waals surface area contributed by atoms with Crippen LogP contribution in [0.25, 0.3) is 0 Å². The van der Waals surface area contributed by atoms with Crippen LogP contribution in [0, 0.1) is 10.8 Å². The van der Waals surface area contributed by atoms with Gasteiger partial charge in [0.25, 0.3) is 0 Å². The summed E-state index contributed by atoms with van der Waals surface area (Å²) >= 11 is 0. The standard InChI is InChI=1S/C17H26N2O2/c1-16(2,15(18)19)9-6-10-20-13-8-5-7-12-11-17(3,4)21-14(12)13/h5,7-8H,6,9-11H2,1-4H3,(H3,18,19). The molecular formula is C17H26N2O2. The number of nitrogens with one attached hydrogen (secondary N) is 1. The van der Waals surface area contributed by atoms with Crippen molar-refractivity contribution in [2.45, 2.75) is 52.6 Å². The summed E-state index contributed by atoms with van der Waals surface area (Å²) < 4.78 is 11.9. The van der Waals surface area contributed by atoms with E-state index in [4.69, 9.17) is 20.6 Å². The first-order valence-electron chi connectivity index (χ1n) is 7.49. The molecule has 0 atom stereocenters. The summed E-state index contributed by atoms with van der Waals surface area (Å²) in [7, 11) is 0. The Balaban J connectivity index is 1.92. The summed E-state index contributed by atoms with van der Waals surface area (Å²) in [5, 5.41) is 7.56. The lowest BCUT2D eigenvalue weighted by Gasteiger charge is -2.23. The Morgan fingerprint density at radius 3 is 2.81 bits per heavy atom. The van der Waals surface area contributed by atoms with Crippen LogP contribution in [0.5, 0.6) is 11.5 Å². The monoisotopic (exact) mass is 290 g/mol. The maximum absolute atomic E-state index is 7.56. The first-order valence-corrected chi connectivity index (χ1v) is 7.49. The number of hydrogen-bond acceptors (Lipinski definition) is 3. The van der Waals surface area contributed by atoms with Gasteiger partial charge in [0.1, 0.15) is 5.60 Å². The molecule has 1 heterocycles. The van der Waals surface area contributed by atoms with Crippen molar-refractivity contribution in [1.82, 2.24) is 0 Å². The summed E-state index contributed by atoms with van der Waals surface area (Å²) in [5.41, 5.74) is 6.38. The van der Waals surface area contributed by atoms with Crippen LogP contribution >= 0.6 is 0 Å². The average Bonchev–Trinajstić information content (AvgIpc) is 2.69. The van der Waals surface area contributed by atoms with Crippen molar-refractivity contribution in [2.75, 3.05) is 6.61 Å². The zero-order valence-corrected chi connectivity index (χ0v) is 13.5. The maximum atomic E-state index is 7.56. The predicted molar refractivity (Wildman–Crippen MR) is 85.3 cm³/mol. The van der Waals surface area contributed by atoms with E-state index in [9.17, 15) is 0 Å². The van der Waals surface area contributed by atoms with Crippen molar-refractivity contribution in [2.24, 2.45) is 11.1 Å². The second kappa shape index (κ2) is 5.58. The molecule has 1 aliphatic heterocycles. The zero-order valence-electron chi connectivity index (χ0n) is 13.5. The molecule has 0 fully saturated rings. The molecule has 0 aliphatic carbocycles. The van der Waals surface area contributed by atoms with Crippen molar-refractivity contribution in [3.05, 3.63) is 23.8 Å². The van der Waals surface area contributed by atoms with E-state index in [1.165, 1.54) is 5.56 Å². The van der Waals surface area contributed by atoms with E-state index in [1.54, 1.807) is 0 Å². The van der Waals surface area contributed by atoms with Crippen LogP contribution in [0.3, 0.4) is 0 Å². The third kappa shape index (κ3) is 3.69. The number of nitrogens with two attached hydrogens (primary N) is 1. The fourth-order valence-corrected chi connectivity index (χ4v) is 2.53. The molecular weight excluding hydrogens is 264 g/mol. The van der Waals surface area contributed by atoms with E-state index in [-0.39, 0.29) is 16.9 Å². The summed E-state index contributed by atoms with van der Waals surface area (Å²) in [6.07, 6.45) is 2.61. The Morgan fingerprint density at radius 2 is 2.14 bits per heavy atom. The van der Waals surface area contributed by atoms with Gasteiger partial charge >= 0.3 is 0 Å². The predicted octanol–water partition coefficient (Wildman–Crippen LogP) is 3.52. The fraction of sp³-hybridized carbons (Fsp3) is 0.588. The molecule has 0 aromatic heterocycles. The maximum Gasteiger partial charge on any atom is 0.165 e. The largest absolute Gasteiger partial charge is 0.490 e. The summed E-state index contributed by atoms with van der Waals surface area (Å²) in [6, 6.07) is 6.06. The van der Waals surface area contributed by atoms with Gasteiger partial charge in [0.2, 0.25) is 0 Å². The van der Waals surface area contributed by atoms with Crippen molar-refractivity contribution in [3.8, 4) is 11.5 Å². The first-order chi connectivity index (χ1) is 9.71. The summed E-state index contributed by atoms with van der Waals surface area (Å²) in [4.78, 5) is 0. The second-order valence-electron chi connectivity index (χ2n) is 7.03. The third-order valence-electron chi connectivity index (χ3n) is 3.99. The van der Waals surface area contributed by atoms with Crippen molar-refractivity contribution < 1.29 is 9.47 Å². The summed E-state index contributed by atoms with van der Waals surface area (Å²) in [6.45, 7) is 8.76. The van der Waals surface area contributed by atoms with Crippen molar-refractivity contribution in [1.29, 1.82) is 5.41 Å². The molecule has 0 saturated carbocycles. The Labute approximate surface area is 127 Å². The SMILES string of the molecule is CC1(C)Cc2cccc(OCCCC(C)(C)C(=N)N)c2O1. The molecule has 1 aliphatic rings. The highest BCUT2D eigenvalue weighted by Gasteiger charge is 2.32. The van der Waals surface area contributed by atoms with E-state index >= 15 is 0 Å². The molecule has 4 nitrogen and oxygen atoms in total. The highest BCUT2D eigenvalue weighted by molar-refractivity contribution is 5.82. The summed E-state index contributed by atoms with van der Waals surface area (Å²) in [5.74, 6) is 1.93. The lowest BCUT2D eigenvalue weighted by atomic mass is 9.87. The normalized spacial score (nSPS) is 16.2. The lowest BCUT2D eigenvalue weighted by Crippen LogP contribution is -2.31. The number of rotatable bonds is 6. The van der Waals surface area contributed by atoms with Gasteiger partial charge in [0, 0.05) is 17.4 Å². The molecule has 21 heavy (non-hydrogen) atoms. The molecule has 2 rings (SSSR count). The molecule has 0 spiro atoms. The van der Waals surface area contributed by atoms with Crippen LogP contribution in [0.15, 0.2) is 18.2 Å². The number of amidine groups is 1. The Hall–Kier alpha value is -1.71. The van der Waals surface area contributed by atoms with Gasteiger partial charge in [-0.25, -0.2) is 0 Å². The Morgan fingerprint density at radius 1 is 1.43 bits per heavy atom. The van der Waals surface area contributed by atoms with Gasteiger partial charge in [-0.3, -0.25) is 5.41 Å². The minimum atomic E-state index is -0.263. The molecule has 1 aromatic rings. The molecule has 0 unspecified atom stereocenters. The molecule has 0 saturated heterocycles. The van der Waals surface area contributed by atoms with Crippen LogP contribution in [0.2, 0.25) is 0 Å². The van der Waals surface area contributed by atoms with E-state index < -0.39 is 0 Å². The van der Waals surface area contributed by atoms with Gasteiger partial charge in [-0.05, 0) is 32.8 Å². The van der Waals surface area contributed by atoms with Crippen LogP contribution in [-0.4, -0.2) is 18.0 Å². The average molecular weight is 290 g/mol. The molecule has 0 amide bonds. The molecule has 0 bridgehead atoms. The zero-order chi connectivity index (χ0) is 15.7. The number of fused-ring (bicyclic) bond motifs is 1. The van der Waals surface area contributed by atoms with Gasteiger partial charge < -0.3 is 15.2 Å². The number of ether oxygens (including phenoxy) is 2. The van der Waals surface area contributed by atoms with E-state index in [2.05, 4.69) is 19.9 Å². The van der Waals surface area contributed by atoms with Gasteiger partial charge in [-0.1, -0.05) is 26.0 Å². The van der Waals surface area contributed by atoms with Gasteiger partial charge in [0.05, 0.1) is 12.4 Å². The van der Waals surface area contributed by atoms with Crippen molar-refractivity contribution >= 4 is 5.84 Å². The molecule has 4 heteroatoms. The van der Waals surface area contributed by atoms with E-state index in [0.717, 1.165) is 30.8 Å². The van der Waals surface area contributed by atoms with Gasteiger partial charge in [0.15, 0.2) is 11.5 Å². The number of hydrogen-bond donors (Lipinski definition) is 2. The van der Waals surface area contributed by atoms with Crippen LogP contribution in [0.4, 0.5) is 0 Å². The number of para-hydroxylation sites is 1. The van der Waals surface area contributed by atoms with Crippen LogP contribution in [-0.2, 0) is 6.42 Å². The lowest BCUT2D eigenvalue weighted by molar-refractivity contribution is 0.131. The Bertz CT molecular complexity index is 536.